The van der Waals surface area contributed by atoms with E-state index in [-0.39, 0.29) is 5.91 Å². The van der Waals surface area contributed by atoms with Crippen LogP contribution in [0.3, 0.4) is 0 Å². The van der Waals surface area contributed by atoms with Crippen molar-refractivity contribution in [1.29, 1.82) is 0 Å². The lowest BCUT2D eigenvalue weighted by atomic mass is 10.1. The number of ether oxygens (including phenoxy) is 1. The van der Waals surface area contributed by atoms with Crippen LogP contribution in [-0.4, -0.2) is 14.9 Å². The number of aromatic nitrogens is 1. The van der Waals surface area contributed by atoms with Gasteiger partial charge in [-0.25, -0.2) is 0 Å². The molecule has 2 heterocycles. The van der Waals surface area contributed by atoms with Gasteiger partial charge in [-0.1, -0.05) is 51.4 Å². The Bertz CT molecular complexity index is 1190. The minimum absolute atomic E-state index is 0.152. The number of carbonyl (C=O) groups is 1. The fourth-order valence-electron chi connectivity index (χ4n) is 3.25. The third-order valence-electron chi connectivity index (χ3n) is 4.77. The van der Waals surface area contributed by atoms with Crippen LogP contribution in [0, 0.1) is 13.8 Å². The lowest BCUT2D eigenvalue weighted by Gasteiger charge is -2.20. The van der Waals surface area contributed by atoms with Gasteiger partial charge in [0.15, 0.2) is 4.32 Å². The standard InChI is InChI=1S/C23H18BrClN2O2S2/c1-14-3-4-15(2)26(14)27-22(28)21(31-23(27)30)12-17-11-18(24)7-10-20(17)29-13-16-5-8-19(25)9-6-16/h3-12H,13H2,1-2H3/b21-12+. The van der Waals surface area contributed by atoms with Crippen LogP contribution in [0.25, 0.3) is 6.08 Å². The molecule has 1 aliphatic rings. The predicted octanol–water partition coefficient (Wildman–Crippen LogP) is 6.64. The van der Waals surface area contributed by atoms with Gasteiger partial charge < -0.3 is 4.74 Å². The molecule has 0 N–H and O–H groups in total. The van der Waals surface area contributed by atoms with Crippen molar-refractivity contribution in [3.63, 3.8) is 0 Å². The summed E-state index contributed by atoms with van der Waals surface area (Å²) in [6, 6.07) is 17.2. The Kier molecular flexibility index (Phi) is 6.57. The van der Waals surface area contributed by atoms with E-state index in [1.165, 1.54) is 11.8 Å². The molecule has 158 valence electrons. The Morgan fingerprint density at radius 1 is 1.10 bits per heavy atom. The fourth-order valence-corrected chi connectivity index (χ4v) is 4.99. The summed E-state index contributed by atoms with van der Waals surface area (Å²) in [7, 11) is 0. The topological polar surface area (TPSA) is 34.5 Å². The Balaban J connectivity index is 1.62. The van der Waals surface area contributed by atoms with Crippen LogP contribution in [0.5, 0.6) is 5.75 Å². The molecule has 1 aromatic heterocycles. The summed E-state index contributed by atoms with van der Waals surface area (Å²) in [5.41, 5.74) is 3.70. The quantitative estimate of drug-likeness (QED) is 0.272. The first-order chi connectivity index (χ1) is 14.8. The number of halogens is 2. The molecule has 0 radical (unpaired) electrons. The molecule has 1 aliphatic heterocycles. The Morgan fingerprint density at radius 2 is 1.77 bits per heavy atom. The lowest BCUT2D eigenvalue weighted by molar-refractivity contribution is -0.114. The molecule has 1 fully saturated rings. The Hall–Kier alpha value is -2.06. The zero-order valence-corrected chi connectivity index (χ0v) is 20.7. The molecule has 0 saturated carbocycles. The van der Waals surface area contributed by atoms with Crippen LogP contribution in [0.1, 0.15) is 22.5 Å². The van der Waals surface area contributed by atoms with Gasteiger partial charge in [-0.15, -0.1) is 0 Å². The Morgan fingerprint density at radius 3 is 2.45 bits per heavy atom. The summed E-state index contributed by atoms with van der Waals surface area (Å²) in [6.07, 6.45) is 1.83. The van der Waals surface area contributed by atoms with Crippen molar-refractivity contribution in [2.75, 3.05) is 5.01 Å². The molecule has 4 nitrogen and oxygen atoms in total. The highest BCUT2D eigenvalue weighted by Crippen LogP contribution is 2.35. The summed E-state index contributed by atoms with van der Waals surface area (Å²) in [6.45, 7) is 4.29. The van der Waals surface area contributed by atoms with Crippen molar-refractivity contribution in [3.05, 3.63) is 91.5 Å². The average Bonchev–Trinajstić information content (AvgIpc) is 3.20. The van der Waals surface area contributed by atoms with E-state index in [0.717, 1.165) is 27.0 Å². The van der Waals surface area contributed by atoms with Crippen LogP contribution < -0.4 is 9.75 Å². The molecule has 1 saturated heterocycles. The number of carbonyl (C=O) groups excluding carboxylic acids is 1. The molecule has 2 aromatic carbocycles. The number of benzene rings is 2. The molecular weight excluding hydrogens is 516 g/mol. The van der Waals surface area contributed by atoms with E-state index in [1.807, 2.05) is 79.2 Å². The van der Waals surface area contributed by atoms with Gasteiger partial charge in [-0.3, -0.25) is 9.47 Å². The maximum absolute atomic E-state index is 13.2. The van der Waals surface area contributed by atoms with Gasteiger partial charge in [0.1, 0.15) is 12.4 Å². The molecule has 0 unspecified atom stereocenters. The van der Waals surface area contributed by atoms with Crippen LogP contribution in [0.15, 0.2) is 64.0 Å². The molecule has 3 aromatic rings. The number of aryl methyl sites for hydroxylation is 2. The van der Waals surface area contributed by atoms with Gasteiger partial charge in [-0.05, 0) is 80.2 Å². The minimum atomic E-state index is -0.152. The van der Waals surface area contributed by atoms with Crippen LogP contribution in [-0.2, 0) is 11.4 Å². The monoisotopic (exact) mass is 532 g/mol. The number of nitrogens with zero attached hydrogens (tertiary/aromatic N) is 2. The first-order valence-corrected chi connectivity index (χ1v) is 11.8. The molecule has 31 heavy (non-hydrogen) atoms. The van der Waals surface area contributed by atoms with Crippen molar-refractivity contribution in [3.8, 4) is 5.75 Å². The second-order valence-corrected chi connectivity index (χ2v) is 10.0. The first-order valence-electron chi connectivity index (χ1n) is 9.43. The van der Waals surface area contributed by atoms with Gasteiger partial charge in [0, 0.05) is 26.4 Å². The highest BCUT2D eigenvalue weighted by atomic mass is 79.9. The van der Waals surface area contributed by atoms with Crippen molar-refractivity contribution < 1.29 is 9.53 Å². The fraction of sp³-hybridized carbons (Fsp3) is 0.130. The number of hydrogen-bond acceptors (Lipinski definition) is 4. The van der Waals surface area contributed by atoms with E-state index >= 15 is 0 Å². The highest BCUT2D eigenvalue weighted by molar-refractivity contribution is 9.10. The molecule has 0 spiro atoms. The third kappa shape index (κ3) is 4.75. The van der Waals surface area contributed by atoms with Gasteiger partial charge in [0.05, 0.1) is 4.91 Å². The summed E-state index contributed by atoms with van der Waals surface area (Å²) < 4.78 is 9.28. The van der Waals surface area contributed by atoms with E-state index in [4.69, 9.17) is 28.6 Å². The van der Waals surface area contributed by atoms with Gasteiger partial charge >= 0.3 is 0 Å². The second kappa shape index (κ2) is 9.20. The maximum atomic E-state index is 13.2. The van der Waals surface area contributed by atoms with E-state index in [9.17, 15) is 4.79 Å². The van der Waals surface area contributed by atoms with Gasteiger partial charge in [0.25, 0.3) is 5.91 Å². The number of thioether (sulfide) groups is 1. The first kappa shape index (κ1) is 22.1. The summed E-state index contributed by atoms with van der Waals surface area (Å²) in [5.74, 6) is 0.526. The van der Waals surface area contributed by atoms with Crippen molar-refractivity contribution in [2.24, 2.45) is 0 Å². The largest absolute Gasteiger partial charge is 0.488 e. The summed E-state index contributed by atoms with van der Waals surface area (Å²) in [4.78, 5) is 13.7. The van der Waals surface area contributed by atoms with Crippen LogP contribution >= 0.6 is 51.5 Å². The van der Waals surface area contributed by atoms with E-state index in [1.54, 1.807) is 5.01 Å². The number of rotatable bonds is 5. The smallest absolute Gasteiger partial charge is 0.285 e. The average molecular weight is 534 g/mol. The number of thiocarbonyl (C=S) groups is 1. The molecule has 4 rings (SSSR count). The lowest BCUT2D eigenvalue weighted by Crippen LogP contribution is -2.39. The highest BCUT2D eigenvalue weighted by Gasteiger charge is 2.35. The molecular formula is C23H18BrClN2O2S2. The van der Waals surface area contributed by atoms with E-state index in [2.05, 4.69) is 15.9 Å². The zero-order valence-electron chi connectivity index (χ0n) is 16.8. The second-order valence-electron chi connectivity index (χ2n) is 7.02. The van der Waals surface area contributed by atoms with Crippen molar-refractivity contribution in [2.45, 2.75) is 20.5 Å². The molecule has 1 amide bonds. The van der Waals surface area contributed by atoms with Gasteiger partial charge in [0.2, 0.25) is 0 Å². The molecule has 0 bridgehead atoms. The van der Waals surface area contributed by atoms with Crippen LogP contribution in [0.2, 0.25) is 5.02 Å². The van der Waals surface area contributed by atoms with Crippen molar-refractivity contribution >= 4 is 67.8 Å². The predicted molar refractivity (Wildman–Crippen MR) is 135 cm³/mol. The molecule has 0 atom stereocenters. The number of amides is 1. The molecule has 0 aliphatic carbocycles. The van der Waals surface area contributed by atoms with Crippen molar-refractivity contribution in [1.82, 2.24) is 4.68 Å². The van der Waals surface area contributed by atoms with Gasteiger partial charge in [-0.2, -0.15) is 5.01 Å². The summed E-state index contributed by atoms with van der Waals surface area (Å²) >= 11 is 16.3. The van der Waals surface area contributed by atoms with Crippen LogP contribution in [0.4, 0.5) is 0 Å². The normalized spacial score (nSPS) is 15.2. The maximum Gasteiger partial charge on any atom is 0.285 e. The third-order valence-corrected chi connectivity index (χ3v) is 6.80. The molecule has 8 heteroatoms. The SMILES string of the molecule is Cc1ccc(C)n1N1C(=O)/C(=C\c2cc(Br)ccc2OCc2ccc(Cl)cc2)SC1=S. The van der Waals surface area contributed by atoms with E-state index in [0.29, 0.717) is 26.6 Å². The Labute approximate surface area is 203 Å². The minimum Gasteiger partial charge on any atom is -0.488 e. The van der Waals surface area contributed by atoms with E-state index < -0.39 is 0 Å². The number of hydrogen-bond donors (Lipinski definition) is 0. The summed E-state index contributed by atoms with van der Waals surface area (Å²) in [5, 5.41) is 2.23. The zero-order chi connectivity index (χ0) is 22.1.